The largest absolute Gasteiger partial charge is 0.309 e. The van der Waals surface area contributed by atoms with Crippen molar-refractivity contribution in [1.82, 2.24) is 10.2 Å². The zero-order valence-corrected chi connectivity index (χ0v) is 13.9. The minimum Gasteiger partial charge on any atom is -0.309 e. The summed E-state index contributed by atoms with van der Waals surface area (Å²) in [6.45, 7) is 12.3. The lowest BCUT2D eigenvalue weighted by atomic mass is 9.90. The molecule has 1 saturated heterocycles. The highest BCUT2D eigenvalue weighted by molar-refractivity contribution is 6.30. The molecule has 1 heterocycles. The van der Waals surface area contributed by atoms with Gasteiger partial charge in [-0.1, -0.05) is 44.0 Å². The van der Waals surface area contributed by atoms with E-state index >= 15 is 0 Å². The van der Waals surface area contributed by atoms with Crippen LogP contribution < -0.4 is 5.32 Å². The fraction of sp³-hybridized carbons (Fsp3) is 0.647. The molecule has 1 aliphatic heterocycles. The second kappa shape index (κ2) is 6.46. The van der Waals surface area contributed by atoms with E-state index in [9.17, 15) is 0 Å². The molecule has 2 unspecified atom stereocenters. The topological polar surface area (TPSA) is 15.3 Å². The summed E-state index contributed by atoms with van der Waals surface area (Å²) in [6.07, 6.45) is 1.22. The molecule has 2 rings (SSSR count). The molecule has 0 saturated carbocycles. The Bertz CT molecular complexity index is 444. The molecule has 20 heavy (non-hydrogen) atoms. The molecule has 1 aromatic rings. The van der Waals surface area contributed by atoms with Gasteiger partial charge >= 0.3 is 0 Å². The van der Waals surface area contributed by atoms with Crippen molar-refractivity contribution in [3.8, 4) is 0 Å². The van der Waals surface area contributed by atoms with Gasteiger partial charge in [0.15, 0.2) is 0 Å². The van der Waals surface area contributed by atoms with E-state index in [2.05, 4.69) is 50.0 Å². The van der Waals surface area contributed by atoms with Crippen molar-refractivity contribution in [2.45, 2.75) is 52.2 Å². The number of nitrogens with zero attached hydrogens (tertiary/aromatic N) is 1. The van der Waals surface area contributed by atoms with Crippen molar-refractivity contribution < 1.29 is 0 Å². The highest BCUT2D eigenvalue weighted by atomic mass is 35.5. The van der Waals surface area contributed by atoms with Crippen LogP contribution in [0.4, 0.5) is 0 Å². The first kappa shape index (κ1) is 15.8. The van der Waals surface area contributed by atoms with Crippen LogP contribution in [0.2, 0.25) is 5.02 Å². The summed E-state index contributed by atoms with van der Waals surface area (Å²) in [5.41, 5.74) is 1.49. The minimum atomic E-state index is 0.183. The van der Waals surface area contributed by atoms with Gasteiger partial charge < -0.3 is 5.32 Å². The number of halogens is 1. The molecule has 2 nitrogen and oxygen atoms in total. The smallest absolute Gasteiger partial charge is 0.0409 e. The highest BCUT2D eigenvalue weighted by Gasteiger charge is 2.34. The van der Waals surface area contributed by atoms with E-state index in [1.54, 1.807) is 0 Å². The molecule has 2 atom stereocenters. The van der Waals surface area contributed by atoms with Gasteiger partial charge in [-0.15, -0.1) is 0 Å². The van der Waals surface area contributed by atoms with E-state index < -0.39 is 0 Å². The Hall–Kier alpha value is -0.570. The first-order chi connectivity index (χ1) is 9.41. The van der Waals surface area contributed by atoms with Crippen LogP contribution >= 0.6 is 11.6 Å². The SMILES string of the molecule is CCC(C)C1CNC(C)(C)CN1Cc1cccc(Cl)c1. The van der Waals surface area contributed by atoms with E-state index in [-0.39, 0.29) is 5.54 Å². The molecular formula is C17H27ClN2. The second-order valence-corrected chi connectivity index (χ2v) is 7.19. The molecule has 1 N–H and O–H groups in total. The van der Waals surface area contributed by atoms with Crippen LogP contribution in [-0.2, 0) is 6.54 Å². The van der Waals surface area contributed by atoms with E-state index in [1.165, 1.54) is 12.0 Å². The number of hydrogen-bond acceptors (Lipinski definition) is 2. The molecule has 1 aromatic carbocycles. The summed E-state index contributed by atoms with van der Waals surface area (Å²) in [4.78, 5) is 2.62. The van der Waals surface area contributed by atoms with Crippen LogP contribution in [0.5, 0.6) is 0 Å². The Kier molecular flexibility index (Phi) is 5.11. The maximum absolute atomic E-state index is 6.11. The first-order valence-electron chi connectivity index (χ1n) is 7.65. The lowest BCUT2D eigenvalue weighted by molar-refractivity contribution is 0.0571. The average Bonchev–Trinajstić information content (AvgIpc) is 2.37. The molecule has 0 spiro atoms. The molecule has 112 valence electrons. The third-order valence-electron chi connectivity index (χ3n) is 4.43. The summed E-state index contributed by atoms with van der Waals surface area (Å²) in [6, 6.07) is 8.85. The van der Waals surface area contributed by atoms with Gasteiger partial charge in [0.2, 0.25) is 0 Å². The van der Waals surface area contributed by atoms with Crippen LogP contribution in [-0.4, -0.2) is 29.6 Å². The predicted octanol–water partition coefficient (Wildman–Crippen LogP) is 3.94. The molecule has 1 aliphatic rings. The molecule has 0 aromatic heterocycles. The maximum Gasteiger partial charge on any atom is 0.0409 e. The minimum absolute atomic E-state index is 0.183. The Morgan fingerprint density at radius 1 is 1.45 bits per heavy atom. The molecule has 1 fully saturated rings. The van der Waals surface area contributed by atoms with Gasteiger partial charge in [0.25, 0.3) is 0 Å². The predicted molar refractivity (Wildman–Crippen MR) is 87.2 cm³/mol. The molecule has 0 aliphatic carbocycles. The van der Waals surface area contributed by atoms with Crippen LogP contribution in [0, 0.1) is 5.92 Å². The summed E-state index contributed by atoms with van der Waals surface area (Å²) in [5, 5.41) is 4.51. The van der Waals surface area contributed by atoms with Gasteiger partial charge in [-0.3, -0.25) is 4.90 Å². The third kappa shape index (κ3) is 3.97. The summed E-state index contributed by atoms with van der Waals surface area (Å²) >= 11 is 6.11. The van der Waals surface area contributed by atoms with Crippen LogP contribution in [0.3, 0.4) is 0 Å². The molecular weight excluding hydrogens is 268 g/mol. The lowest BCUT2D eigenvalue weighted by Gasteiger charge is -2.47. The van der Waals surface area contributed by atoms with Crippen LogP contribution in [0.1, 0.15) is 39.7 Å². The number of nitrogens with one attached hydrogen (secondary N) is 1. The summed E-state index contributed by atoms with van der Waals surface area (Å²) in [5.74, 6) is 0.706. The second-order valence-electron chi connectivity index (χ2n) is 6.75. The summed E-state index contributed by atoms with van der Waals surface area (Å²) < 4.78 is 0. The maximum atomic E-state index is 6.11. The highest BCUT2D eigenvalue weighted by Crippen LogP contribution is 2.24. The van der Waals surface area contributed by atoms with E-state index in [1.807, 2.05) is 12.1 Å². The van der Waals surface area contributed by atoms with Gasteiger partial charge in [0.1, 0.15) is 0 Å². The Labute approximate surface area is 128 Å². The monoisotopic (exact) mass is 294 g/mol. The van der Waals surface area contributed by atoms with Crippen LogP contribution in [0.25, 0.3) is 0 Å². The van der Waals surface area contributed by atoms with Crippen molar-refractivity contribution in [2.24, 2.45) is 5.92 Å². The Morgan fingerprint density at radius 2 is 2.20 bits per heavy atom. The Balaban J connectivity index is 2.14. The van der Waals surface area contributed by atoms with Crippen LogP contribution in [0.15, 0.2) is 24.3 Å². The van der Waals surface area contributed by atoms with Crippen molar-refractivity contribution in [3.05, 3.63) is 34.9 Å². The van der Waals surface area contributed by atoms with Crippen molar-refractivity contribution in [2.75, 3.05) is 13.1 Å². The van der Waals surface area contributed by atoms with Gasteiger partial charge in [-0.05, 0) is 37.5 Å². The van der Waals surface area contributed by atoms with Gasteiger partial charge in [0.05, 0.1) is 0 Å². The summed E-state index contributed by atoms with van der Waals surface area (Å²) in [7, 11) is 0. The first-order valence-corrected chi connectivity index (χ1v) is 8.02. The van der Waals surface area contributed by atoms with E-state index in [0.717, 1.165) is 24.7 Å². The number of rotatable bonds is 4. The normalized spacial score (nSPS) is 24.6. The van der Waals surface area contributed by atoms with E-state index in [4.69, 9.17) is 11.6 Å². The van der Waals surface area contributed by atoms with E-state index in [0.29, 0.717) is 12.0 Å². The molecule has 0 radical (unpaired) electrons. The average molecular weight is 295 g/mol. The van der Waals surface area contributed by atoms with Gasteiger partial charge in [-0.25, -0.2) is 0 Å². The Morgan fingerprint density at radius 3 is 2.85 bits per heavy atom. The fourth-order valence-electron chi connectivity index (χ4n) is 3.07. The zero-order valence-electron chi connectivity index (χ0n) is 13.1. The van der Waals surface area contributed by atoms with Gasteiger partial charge in [-0.2, -0.15) is 0 Å². The molecule has 0 amide bonds. The standard InChI is InChI=1S/C17H27ClN2/c1-5-13(2)16-10-19-17(3,4)12-20(16)11-14-7-6-8-15(18)9-14/h6-9,13,16,19H,5,10-12H2,1-4H3. The van der Waals surface area contributed by atoms with Crippen molar-refractivity contribution in [1.29, 1.82) is 0 Å². The van der Waals surface area contributed by atoms with Gasteiger partial charge in [0, 0.05) is 36.2 Å². The quantitative estimate of drug-likeness (QED) is 0.905. The third-order valence-corrected chi connectivity index (χ3v) is 4.67. The van der Waals surface area contributed by atoms with Crippen molar-refractivity contribution in [3.63, 3.8) is 0 Å². The number of benzene rings is 1. The molecule has 0 bridgehead atoms. The zero-order chi connectivity index (χ0) is 14.8. The lowest BCUT2D eigenvalue weighted by Crippen LogP contribution is -2.62. The van der Waals surface area contributed by atoms with Crippen molar-refractivity contribution >= 4 is 11.6 Å². The fourth-order valence-corrected chi connectivity index (χ4v) is 3.28. The number of hydrogen-bond donors (Lipinski definition) is 1. The number of piperazine rings is 1. The molecule has 3 heteroatoms.